The lowest BCUT2D eigenvalue weighted by Crippen LogP contribution is -1.92. The zero-order valence-electron chi connectivity index (χ0n) is 6.30. The fourth-order valence-corrected chi connectivity index (χ4v) is 0.171. The zero-order valence-corrected chi connectivity index (χ0v) is 6.30. The van der Waals surface area contributed by atoms with E-state index in [1.54, 1.807) is 12.2 Å². The first kappa shape index (κ1) is 11.5. The molecule has 0 aliphatic carbocycles. The third-order valence-corrected chi connectivity index (χ3v) is 0.408. The molecule has 56 valence electrons. The van der Waals surface area contributed by atoms with Crippen LogP contribution in [-0.4, -0.2) is 18.3 Å². The standard InChI is InChI=1S/C4H9NO.C3H8/c5-3-1-2-4-6;1-3-2/h1-2,6H,3-5H2;3H2,1-2H3. The Morgan fingerprint density at radius 1 is 1.33 bits per heavy atom. The van der Waals surface area contributed by atoms with Crippen LogP contribution in [0.3, 0.4) is 0 Å². The molecule has 0 amide bonds. The summed E-state index contributed by atoms with van der Waals surface area (Å²) in [6, 6.07) is 0. The van der Waals surface area contributed by atoms with Gasteiger partial charge in [-0.3, -0.25) is 0 Å². The van der Waals surface area contributed by atoms with E-state index in [1.165, 1.54) is 6.42 Å². The first-order valence-electron chi connectivity index (χ1n) is 3.29. The fraction of sp³-hybridized carbons (Fsp3) is 0.714. The van der Waals surface area contributed by atoms with Crippen molar-refractivity contribution in [1.82, 2.24) is 0 Å². The van der Waals surface area contributed by atoms with E-state index >= 15 is 0 Å². The summed E-state index contributed by atoms with van der Waals surface area (Å²) in [5, 5.41) is 8.06. The van der Waals surface area contributed by atoms with Gasteiger partial charge >= 0.3 is 0 Å². The van der Waals surface area contributed by atoms with Gasteiger partial charge in [-0.15, -0.1) is 0 Å². The van der Waals surface area contributed by atoms with Crippen LogP contribution in [0.4, 0.5) is 0 Å². The maximum absolute atomic E-state index is 8.06. The number of hydrogen-bond donors (Lipinski definition) is 2. The van der Waals surface area contributed by atoms with Crippen molar-refractivity contribution in [3.8, 4) is 0 Å². The summed E-state index contributed by atoms with van der Waals surface area (Å²) < 4.78 is 0. The molecule has 0 aliphatic rings. The lowest BCUT2D eigenvalue weighted by atomic mass is 10.5. The molecule has 0 rings (SSSR count). The van der Waals surface area contributed by atoms with Crippen LogP contribution in [0, 0.1) is 0 Å². The quantitative estimate of drug-likeness (QED) is 0.547. The van der Waals surface area contributed by atoms with Gasteiger partial charge in [-0.25, -0.2) is 0 Å². The maximum Gasteiger partial charge on any atom is 0.0612 e. The summed E-state index contributed by atoms with van der Waals surface area (Å²) in [5.74, 6) is 0. The van der Waals surface area contributed by atoms with Crippen molar-refractivity contribution in [1.29, 1.82) is 0 Å². The van der Waals surface area contributed by atoms with Crippen LogP contribution < -0.4 is 5.73 Å². The van der Waals surface area contributed by atoms with Crippen molar-refractivity contribution in [2.45, 2.75) is 20.3 Å². The van der Waals surface area contributed by atoms with Gasteiger partial charge in [0.15, 0.2) is 0 Å². The third kappa shape index (κ3) is 34.7. The van der Waals surface area contributed by atoms with Crippen molar-refractivity contribution in [2.75, 3.05) is 13.2 Å². The van der Waals surface area contributed by atoms with Crippen molar-refractivity contribution < 1.29 is 5.11 Å². The average Bonchev–Trinajstić information content (AvgIpc) is 1.86. The van der Waals surface area contributed by atoms with Gasteiger partial charge in [0.05, 0.1) is 6.61 Å². The minimum absolute atomic E-state index is 0.0944. The molecule has 0 saturated heterocycles. The van der Waals surface area contributed by atoms with Gasteiger partial charge in [0.2, 0.25) is 0 Å². The molecule has 3 N–H and O–H groups in total. The van der Waals surface area contributed by atoms with Gasteiger partial charge in [-0.1, -0.05) is 32.4 Å². The van der Waals surface area contributed by atoms with Gasteiger partial charge in [-0.2, -0.15) is 0 Å². The van der Waals surface area contributed by atoms with E-state index in [2.05, 4.69) is 13.8 Å². The van der Waals surface area contributed by atoms with E-state index in [0.717, 1.165) is 0 Å². The van der Waals surface area contributed by atoms with Crippen molar-refractivity contribution >= 4 is 0 Å². The zero-order chi connectivity index (χ0) is 7.54. The molecule has 2 heteroatoms. The molecule has 0 unspecified atom stereocenters. The molecule has 0 bridgehead atoms. The minimum atomic E-state index is 0.0944. The Hall–Kier alpha value is -0.340. The second-order valence-electron chi connectivity index (χ2n) is 1.60. The molecule has 9 heavy (non-hydrogen) atoms. The highest BCUT2D eigenvalue weighted by Crippen LogP contribution is 1.61. The first-order chi connectivity index (χ1) is 4.33. The Morgan fingerprint density at radius 2 is 1.78 bits per heavy atom. The molecule has 0 spiro atoms. The van der Waals surface area contributed by atoms with E-state index in [9.17, 15) is 0 Å². The van der Waals surface area contributed by atoms with E-state index in [1.807, 2.05) is 0 Å². The van der Waals surface area contributed by atoms with Crippen molar-refractivity contribution in [3.05, 3.63) is 12.2 Å². The Morgan fingerprint density at radius 3 is 1.89 bits per heavy atom. The van der Waals surface area contributed by atoms with Crippen LogP contribution >= 0.6 is 0 Å². The smallest absolute Gasteiger partial charge is 0.0612 e. The van der Waals surface area contributed by atoms with Crippen molar-refractivity contribution in [2.24, 2.45) is 5.73 Å². The number of aliphatic hydroxyl groups excluding tert-OH is 1. The molecular weight excluding hydrogens is 114 g/mol. The molecule has 0 saturated carbocycles. The summed E-state index contributed by atoms with van der Waals surface area (Å²) in [7, 11) is 0. The highest BCUT2D eigenvalue weighted by Gasteiger charge is 1.60. The molecule has 0 aromatic heterocycles. The SMILES string of the molecule is CCC.NCC=CCO. The third-order valence-electron chi connectivity index (χ3n) is 0.408. The average molecular weight is 131 g/mol. The molecule has 0 fully saturated rings. The van der Waals surface area contributed by atoms with E-state index in [4.69, 9.17) is 10.8 Å². The van der Waals surface area contributed by atoms with Gasteiger partial charge in [0, 0.05) is 6.54 Å². The Balaban J connectivity index is 0. The van der Waals surface area contributed by atoms with Crippen LogP contribution in [0.5, 0.6) is 0 Å². The number of hydrogen-bond acceptors (Lipinski definition) is 2. The first-order valence-corrected chi connectivity index (χ1v) is 3.29. The summed E-state index contributed by atoms with van der Waals surface area (Å²) in [6.45, 7) is 4.86. The largest absolute Gasteiger partial charge is 0.392 e. The van der Waals surface area contributed by atoms with Crippen LogP contribution in [-0.2, 0) is 0 Å². The predicted octanol–water partition coefficient (Wildman–Crippen LogP) is 0.910. The van der Waals surface area contributed by atoms with Gasteiger partial charge in [0.1, 0.15) is 0 Å². The fourth-order valence-electron chi connectivity index (χ4n) is 0.171. The second-order valence-corrected chi connectivity index (χ2v) is 1.60. The van der Waals surface area contributed by atoms with Gasteiger partial charge < -0.3 is 10.8 Å². The van der Waals surface area contributed by atoms with E-state index in [0.29, 0.717) is 6.54 Å². The molecule has 0 aromatic rings. The highest BCUT2D eigenvalue weighted by atomic mass is 16.2. The molecule has 0 aromatic carbocycles. The summed E-state index contributed by atoms with van der Waals surface area (Å²) in [6.07, 6.45) is 4.57. The summed E-state index contributed by atoms with van der Waals surface area (Å²) >= 11 is 0. The molecule has 0 atom stereocenters. The molecule has 0 heterocycles. The predicted molar refractivity (Wildman–Crippen MR) is 41.2 cm³/mol. The maximum atomic E-state index is 8.06. The van der Waals surface area contributed by atoms with Crippen LogP contribution in [0.2, 0.25) is 0 Å². The van der Waals surface area contributed by atoms with Crippen LogP contribution in [0.25, 0.3) is 0 Å². The minimum Gasteiger partial charge on any atom is -0.392 e. The van der Waals surface area contributed by atoms with Crippen molar-refractivity contribution in [3.63, 3.8) is 0 Å². The molecule has 2 nitrogen and oxygen atoms in total. The van der Waals surface area contributed by atoms with E-state index in [-0.39, 0.29) is 6.61 Å². The summed E-state index contributed by atoms with van der Waals surface area (Å²) in [4.78, 5) is 0. The number of rotatable bonds is 2. The molecular formula is C7H17NO. The Bertz CT molecular complexity index is 46.9. The molecule has 0 radical (unpaired) electrons. The van der Waals surface area contributed by atoms with Crippen LogP contribution in [0.15, 0.2) is 12.2 Å². The Labute approximate surface area is 57.4 Å². The molecule has 0 aliphatic heterocycles. The lowest BCUT2D eigenvalue weighted by molar-refractivity contribution is 0.342. The summed E-state index contributed by atoms with van der Waals surface area (Å²) in [5.41, 5.74) is 5.02. The van der Waals surface area contributed by atoms with E-state index < -0.39 is 0 Å². The monoisotopic (exact) mass is 131 g/mol. The van der Waals surface area contributed by atoms with Gasteiger partial charge in [0.25, 0.3) is 0 Å². The van der Waals surface area contributed by atoms with Gasteiger partial charge in [-0.05, 0) is 0 Å². The topological polar surface area (TPSA) is 46.2 Å². The van der Waals surface area contributed by atoms with Crippen LogP contribution in [0.1, 0.15) is 20.3 Å². The Kier molecular flexibility index (Phi) is 19.9. The number of nitrogens with two attached hydrogens (primary N) is 1. The highest BCUT2D eigenvalue weighted by molar-refractivity contribution is 4.80. The second kappa shape index (κ2) is 15.6. The lowest BCUT2D eigenvalue weighted by Gasteiger charge is -1.73. The number of aliphatic hydroxyl groups is 1. The normalized spacial score (nSPS) is 8.89.